The normalized spacial score (nSPS) is 14.4. The van der Waals surface area contributed by atoms with Crippen LogP contribution < -0.4 is 5.73 Å². The standard InChI is InChI=1S/C7H9N3O3/c1-12-7(11)10-2-4-5(3-10)13-9-6(4)8/h2-3H2,1H3,(H2,8,9). The fourth-order valence-corrected chi connectivity index (χ4v) is 1.33. The first-order valence-electron chi connectivity index (χ1n) is 3.78. The Kier molecular flexibility index (Phi) is 1.61. The molecule has 0 bridgehead atoms. The van der Waals surface area contributed by atoms with Crippen molar-refractivity contribution in [3.05, 3.63) is 11.3 Å². The molecule has 0 saturated heterocycles. The molecule has 1 aliphatic rings. The van der Waals surface area contributed by atoms with Crippen LogP contribution in [0.3, 0.4) is 0 Å². The summed E-state index contributed by atoms with van der Waals surface area (Å²) in [4.78, 5) is 12.6. The van der Waals surface area contributed by atoms with E-state index in [-0.39, 0.29) is 6.09 Å². The summed E-state index contributed by atoms with van der Waals surface area (Å²) in [7, 11) is 1.34. The molecule has 13 heavy (non-hydrogen) atoms. The number of rotatable bonds is 0. The molecule has 1 aliphatic heterocycles. The van der Waals surface area contributed by atoms with E-state index < -0.39 is 0 Å². The highest BCUT2D eigenvalue weighted by Crippen LogP contribution is 2.27. The summed E-state index contributed by atoms with van der Waals surface area (Å²) in [6, 6.07) is 0. The predicted octanol–water partition coefficient (Wildman–Crippen LogP) is 0.339. The number of carbonyl (C=O) groups excluding carboxylic acids is 1. The molecule has 1 aromatic rings. The number of nitrogens with zero attached hydrogens (tertiary/aromatic N) is 2. The van der Waals surface area contributed by atoms with Gasteiger partial charge in [-0.3, -0.25) is 4.90 Å². The highest BCUT2D eigenvalue weighted by Gasteiger charge is 2.29. The zero-order chi connectivity index (χ0) is 9.42. The zero-order valence-corrected chi connectivity index (χ0v) is 7.11. The summed E-state index contributed by atoms with van der Waals surface area (Å²) in [6.07, 6.45) is -0.384. The van der Waals surface area contributed by atoms with Crippen molar-refractivity contribution >= 4 is 11.9 Å². The smallest absolute Gasteiger partial charge is 0.410 e. The fraction of sp³-hybridized carbons (Fsp3) is 0.429. The minimum atomic E-state index is -0.384. The fourth-order valence-electron chi connectivity index (χ4n) is 1.33. The molecular formula is C7H9N3O3. The molecule has 0 spiro atoms. The Morgan fingerprint density at radius 3 is 3.08 bits per heavy atom. The number of anilines is 1. The van der Waals surface area contributed by atoms with Crippen LogP contribution in [-0.4, -0.2) is 23.3 Å². The van der Waals surface area contributed by atoms with E-state index in [0.29, 0.717) is 24.7 Å². The molecule has 0 aliphatic carbocycles. The lowest BCUT2D eigenvalue weighted by atomic mass is 10.3. The second-order valence-electron chi connectivity index (χ2n) is 2.80. The average Bonchev–Trinajstić information content (AvgIpc) is 2.67. The lowest BCUT2D eigenvalue weighted by Gasteiger charge is -2.12. The van der Waals surface area contributed by atoms with Crippen molar-refractivity contribution < 1.29 is 14.1 Å². The topological polar surface area (TPSA) is 81.6 Å². The number of nitrogens with two attached hydrogens (primary N) is 1. The Balaban J connectivity index is 2.18. The van der Waals surface area contributed by atoms with E-state index in [4.69, 9.17) is 10.3 Å². The van der Waals surface area contributed by atoms with Crippen molar-refractivity contribution in [1.82, 2.24) is 10.1 Å². The van der Waals surface area contributed by atoms with Crippen molar-refractivity contribution in [3.63, 3.8) is 0 Å². The largest absolute Gasteiger partial charge is 0.453 e. The Bertz CT molecular complexity index is 347. The third-order valence-corrected chi connectivity index (χ3v) is 2.02. The molecule has 1 amide bonds. The number of methoxy groups -OCH3 is 1. The third-order valence-electron chi connectivity index (χ3n) is 2.02. The summed E-state index contributed by atoms with van der Waals surface area (Å²) in [6.45, 7) is 0.795. The molecule has 0 unspecified atom stereocenters. The molecule has 2 heterocycles. The number of aromatic nitrogens is 1. The zero-order valence-electron chi connectivity index (χ0n) is 7.11. The summed E-state index contributed by atoms with van der Waals surface area (Å²) in [5.41, 5.74) is 6.29. The van der Waals surface area contributed by atoms with Gasteiger partial charge in [-0.2, -0.15) is 0 Å². The summed E-state index contributed by atoms with van der Waals surface area (Å²) in [5.74, 6) is 0.990. The summed E-state index contributed by atoms with van der Waals surface area (Å²) >= 11 is 0. The van der Waals surface area contributed by atoms with Crippen molar-refractivity contribution in [2.45, 2.75) is 13.1 Å². The van der Waals surface area contributed by atoms with Gasteiger partial charge in [0, 0.05) is 0 Å². The minimum Gasteiger partial charge on any atom is -0.453 e. The van der Waals surface area contributed by atoms with Gasteiger partial charge in [-0.15, -0.1) is 0 Å². The van der Waals surface area contributed by atoms with Crippen molar-refractivity contribution in [3.8, 4) is 0 Å². The van der Waals surface area contributed by atoms with Gasteiger partial charge in [0.25, 0.3) is 0 Å². The van der Waals surface area contributed by atoms with Crippen LogP contribution in [-0.2, 0) is 17.8 Å². The number of amides is 1. The van der Waals surface area contributed by atoms with Crippen molar-refractivity contribution in [2.24, 2.45) is 0 Å². The number of hydrogen-bond acceptors (Lipinski definition) is 5. The van der Waals surface area contributed by atoms with Crippen LogP contribution in [0.5, 0.6) is 0 Å². The minimum absolute atomic E-state index is 0.349. The maximum absolute atomic E-state index is 11.1. The highest BCUT2D eigenvalue weighted by atomic mass is 16.5. The number of ether oxygens (including phenoxy) is 1. The maximum atomic E-state index is 11.1. The predicted molar refractivity (Wildman–Crippen MR) is 42.6 cm³/mol. The molecule has 6 nitrogen and oxygen atoms in total. The molecule has 0 fully saturated rings. The Hall–Kier alpha value is -1.72. The molecular weight excluding hydrogens is 174 g/mol. The van der Waals surface area contributed by atoms with Crippen LogP contribution >= 0.6 is 0 Å². The SMILES string of the molecule is COC(=O)N1Cc2onc(N)c2C1. The van der Waals surface area contributed by atoms with Crippen LogP contribution in [0.2, 0.25) is 0 Å². The number of carbonyl (C=O) groups is 1. The number of fused-ring (bicyclic) bond motifs is 1. The highest BCUT2D eigenvalue weighted by molar-refractivity contribution is 5.69. The second-order valence-corrected chi connectivity index (χ2v) is 2.80. The van der Waals surface area contributed by atoms with Crippen LogP contribution in [0, 0.1) is 0 Å². The number of hydrogen-bond donors (Lipinski definition) is 1. The van der Waals surface area contributed by atoms with Crippen molar-refractivity contribution in [2.75, 3.05) is 12.8 Å². The van der Waals surface area contributed by atoms with Crippen LogP contribution in [0.4, 0.5) is 10.6 Å². The van der Waals surface area contributed by atoms with Gasteiger partial charge in [-0.25, -0.2) is 4.79 Å². The van der Waals surface area contributed by atoms with E-state index in [2.05, 4.69) is 9.89 Å². The molecule has 1 aromatic heterocycles. The Labute approximate surface area is 74.2 Å². The maximum Gasteiger partial charge on any atom is 0.410 e. The lowest BCUT2D eigenvalue weighted by Crippen LogP contribution is -2.25. The number of nitrogen functional groups attached to an aromatic ring is 1. The monoisotopic (exact) mass is 183 g/mol. The first kappa shape index (κ1) is 7.90. The molecule has 0 aromatic carbocycles. The van der Waals surface area contributed by atoms with Crippen LogP contribution in [0.15, 0.2) is 4.52 Å². The molecule has 2 N–H and O–H groups in total. The molecule has 6 heteroatoms. The Morgan fingerprint density at radius 2 is 2.46 bits per heavy atom. The van der Waals surface area contributed by atoms with E-state index in [1.807, 2.05) is 0 Å². The van der Waals surface area contributed by atoms with Crippen LogP contribution in [0.25, 0.3) is 0 Å². The van der Waals surface area contributed by atoms with Gasteiger partial charge in [-0.05, 0) is 0 Å². The van der Waals surface area contributed by atoms with E-state index in [0.717, 1.165) is 5.56 Å². The van der Waals surface area contributed by atoms with E-state index in [1.54, 1.807) is 0 Å². The van der Waals surface area contributed by atoms with Gasteiger partial charge in [0.2, 0.25) is 0 Å². The summed E-state index contributed by atoms with van der Waals surface area (Å²) < 4.78 is 9.47. The molecule has 0 radical (unpaired) electrons. The Morgan fingerprint density at radius 1 is 1.69 bits per heavy atom. The molecule has 70 valence electrons. The van der Waals surface area contributed by atoms with Gasteiger partial charge in [-0.1, -0.05) is 5.16 Å². The quantitative estimate of drug-likeness (QED) is 0.627. The average molecular weight is 183 g/mol. The van der Waals surface area contributed by atoms with E-state index >= 15 is 0 Å². The van der Waals surface area contributed by atoms with Gasteiger partial charge in [0.1, 0.15) is 0 Å². The summed E-state index contributed by atoms with van der Waals surface area (Å²) in [5, 5.41) is 3.58. The molecule has 2 rings (SSSR count). The van der Waals surface area contributed by atoms with Gasteiger partial charge < -0.3 is 15.0 Å². The van der Waals surface area contributed by atoms with Gasteiger partial charge >= 0.3 is 6.09 Å². The third kappa shape index (κ3) is 1.10. The molecule has 0 atom stereocenters. The van der Waals surface area contributed by atoms with Crippen molar-refractivity contribution in [1.29, 1.82) is 0 Å². The van der Waals surface area contributed by atoms with Gasteiger partial charge in [0.05, 0.1) is 25.8 Å². The van der Waals surface area contributed by atoms with E-state index in [1.165, 1.54) is 12.0 Å². The second kappa shape index (κ2) is 2.65. The molecule has 0 saturated carbocycles. The van der Waals surface area contributed by atoms with Gasteiger partial charge in [0.15, 0.2) is 11.6 Å². The van der Waals surface area contributed by atoms with E-state index in [9.17, 15) is 4.79 Å². The first-order chi connectivity index (χ1) is 6.22. The first-order valence-corrected chi connectivity index (χ1v) is 3.78. The van der Waals surface area contributed by atoms with Crippen LogP contribution in [0.1, 0.15) is 11.3 Å². The lowest BCUT2D eigenvalue weighted by molar-refractivity contribution is 0.120.